The van der Waals surface area contributed by atoms with Crippen LogP contribution in [0.25, 0.3) is 0 Å². The van der Waals surface area contributed by atoms with Crippen molar-refractivity contribution in [3.63, 3.8) is 0 Å². The standard InChI is InChI=1S/C10H14N2/c1-7-9(3-2-6-12-7)10(11)8-4-5-8/h2-3,6,8,10H,4-5,11H2,1H3/t10-/m0/s1. The minimum Gasteiger partial charge on any atom is -0.324 e. The van der Waals surface area contributed by atoms with Crippen molar-refractivity contribution in [3.8, 4) is 0 Å². The van der Waals surface area contributed by atoms with Crippen LogP contribution in [0.2, 0.25) is 0 Å². The van der Waals surface area contributed by atoms with E-state index in [4.69, 9.17) is 5.73 Å². The second-order valence-corrected chi connectivity index (χ2v) is 3.54. The van der Waals surface area contributed by atoms with Crippen LogP contribution in [0.5, 0.6) is 0 Å². The van der Waals surface area contributed by atoms with E-state index in [1.807, 2.05) is 19.2 Å². The van der Waals surface area contributed by atoms with Gasteiger partial charge in [0, 0.05) is 17.9 Å². The molecular weight excluding hydrogens is 148 g/mol. The first kappa shape index (κ1) is 7.74. The number of aromatic nitrogens is 1. The Hall–Kier alpha value is -0.890. The summed E-state index contributed by atoms with van der Waals surface area (Å²) in [6, 6.07) is 4.27. The van der Waals surface area contributed by atoms with Gasteiger partial charge in [0.05, 0.1) is 0 Å². The average molecular weight is 162 g/mol. The van der Waals surface area contributed by atoms with Gasteiger partial charge in [-0.25, -0.2) is 0 Å². The second kappa shape index (κ2) is 2.87. The quantitative estimate of drug-likeness (QED) is 0.720. The lowest BCUT2D eigenvalue weighted by Gasteiger charge is -2.11. The first-order valence-corrected chi connectivity index (χ1v) is 4.46. The lowest BCUT2D eigenvalue weighted by Crippen LogP contribution is -2.14. The van der Waals surface area contributed by atoms with Crippen LogP contribution >= 0.6 is 0 Å². The van der Waals surface area contributed by atoms with Gasteiger partial charge in [0.2, 0.25) is 0 Å². The third-order valence-corrected chi connectivity index (χ3v) is 2.54. The molecular formula is C10H14N2. The van der Waals surface area contributed by atoms with Gasteiger partial charge in [0.1, 0.15) is 0 Å². The van der Waals surface area contributed by atoms with Gasteiger partial charge >= 0.3 is 0 Å². The molecule has 1 aromatic heterocycles. The van der Waals surface area contributed by atoms with E-state index in [0.717, 1.165) is 5.69 Å². The van der Waals surface area contributed by atoms with Gasteiger partial charge in [0.15, 0.2) is 0 Å². The molecule has 1 aliphatic carbocycles. The zero-order valence-electron chi connectivity index (χ0n) is 7.33. The molecule has 0 spiro atoms. The third kappa shape index (κ3) is 1.34. The normalized spacial score (nSPS) is 19.2. The molecule has 2 nitrogen and oxygen atoms in total. The summed E-state index contributed by atoms with van der Waals surface area (Å²) in [4.78, 5) is 4.23. The summed E-state index contributed by atoms with van der Waals surface area (Å²) in [7, 11) is 0. The monoisotopic (exact) mass is 162 g/mol. The maximum Gasteiger partial charge on any atom is 0.0420 e. The molecule has 0 aromatic carbocycles. The summed E-state index contributed by atoms with van der Waals surface area (Å²) in [6.45, 7) is 2.03. The molecule has 2 rings (SSSR count). The highest BCUT2D eigenvalue weighted by Crippen LogP contribution is 2.39. The van der Waals surface area contributed by atoms with Crippen LogP contribution in [0, 0.1) is 12.8 Å². The van der Waals surface area contributed by atoms with Crippen LogP contribution in [0.1, 0.15) is 30.1 Å². The molecule has 0 amide bonds. The summed E-state index contributed by atoms with van der Waals surface area (Å²) >= 11 is 0. The van der Waals surface area contributed by atoms with Crippen LogP contribution in [0.4, 0.5) is 0 Å². The molecule has 0 radical (unpaired) electrons. The van der Waals surface area contributed by atoms with E-state index < -0.39 is 0 Å². The summed E-state index contributed by atoms with van der Waals surface area (Å²) in [5.41, 5.74) is 8.36. The Bertz CT molecular complexity index is 279. The molecule has 0 aliphatic heterocycles. The highest BCUT2D eigenvalue weighted by Gasteiger charge is 2.30. The maximum absolute atomic E-state index is 6.06. The summed E-state index contributed by atoms with van der Waals surface area (Å²) in [5.74, 6) is 0.716. The molecule has 0 unspecified atom stereocenters. The fraction of sp³-hybridized carbons (Fsp3) is 0.500. The smallest absolute Gasteiger partial charge is 0.0420 e. The highest BCUT2D eigenvalue weighted by molar-refractivity contribution is 5.23. The average Bonchev–Trinajstić information content (AvgIpc) is 2.86. The van der Waals surface area contributed by atoms with Crippen molar-refractivity contribution in [2.75, 3.05) is 0 Å². The molecule has 1 aliphatic rings. The van der Waals surface area contributed by atoms with Crippen molar-refractivity contribution in [1.29, 1.82) is 0 Å². The maximum atomic E-state index is 6.06. The highest BCUT2D eigenvalue weighted by atomic mass is 14.7. The van der Waals surface area contributed by atoms with E-state index in [9.17, 15) is 0 Å². The number of rotatable bonds is 2. The first-order valence-electron chi connectivity index (χ1n) is 4.46. The number of nitrogens with zero attached hydrogens (tertiary/aromatic N) is 1. The molecule has 0 bridgehead atoms. The van der Waals surface area contributed by atoms with Crippen molar-refractivity contribution >= 4 is 0 Å². The van der Waals surface area contributed by atoms with Crippen LogP contribution in [0.15, 0.2) is 18.3 Å². The minimum atomic E-state index is 0.221. The zero-order valence-corrected chi connectivity index (χ0v) is 7.33. The topological polar surface area (TPSA) is 38.9 Å². The third-order valence-electron chi connectivity index (χ3n) is 2.54. The van der Waals surface area contributed by atoms with Gasteiger partial charge in [-0.15, -0.1) is 0 Å². The lowest BCUT2D eigenvalue weighted by molar-refractivity contribution is 0.626. The van der Waals surface area contributed by atoms with Gasteiger partial charge in [-0.1, -0.05) is 6.07 Å². The molecule has 2 heteroatoms. The van der Waals surface area contributed by atoms with Crippen LogP contribution in [-0.2, 0) is 0 Å². The van der Waals surface area contributed by atoms with Crippen molar-refractivity contribution in [3.05, 3.63) is 29.6 Å². The Morgan fingerprint density at radius 3 is 2.92 bits per heavy atom. The molecule has 1 aromatic rings. The molecule has 64 valence electrons. The predicted octanol–water partition coefficient (Wildman–Crippen LogP) is 1.80. The van der Waals surface area contributed by atoms with Crippen molar-refractivity contribution in [2.45, 2.75) is 25.8 Å². The van der Waals surface area contributed by atoms with Crippen LogP contribution < -0.4 is 5.73 Å². The van der Waals surface area contributed by atoms with E-state index >= 15 is 0 Å². The lowest BCUT2D eigenvalue weighted by atomic mass is 10.0. The van der Waals surface area contributed by atoms with Crippen molar-refractivity contribution < 1.29 is 0 Å². The number of hydrogen-bond donors (Lipinski definition) is 1. The summed E-state index contributed by atoms with van der Waals surface area (Å²) in [5, 5.41) is 0. The first-order chi connectivity index (χ1) is 5.79. The Labute approximate surface area is 72.8 Å². The largest absolute Gasteiger partial charge is 0.324 e. The van der Waals surface area contributed by atoms with E-state index in [1.54, 1.807) is 0 Å². The molecule has 1 atom stereocenters. The Morgan fingerprint density at radius 2 is 2.33 bits per heavy atom. The number of hydrogen-bond acceptors (Lipinski definition) is 2. The fourth-order valence-electron chi connectivity index (χ4n) is 1.56. The number of aryl methyl sites for hydroxylation is 1. The summed E-state index contributed by atoms with van der Waals surface area (Å²) < 4.78 is 0. The van der Waals surface area contributed by atoms with Crippen LogP contribution in [-0.4, -0.2) is 4.98 Å². The Kier molecular flexibility index (Phi) is 1.85. The van der Waals surface area contributed by atoms with Gasteiger partial charge in [-0.2, -0.15) is 0 Å². The number of nitrogens with two attached hydrogens (primary N) is 1. The molecule has 1 heterocycles. The molecule has 0 saturated heterocycles. The van der Waals surface area contributed by atoms with E-state index in [-0.39, 0.29) is 6.04 Å². The van der Waals surface area contributed by atoms with Crippen LogP contribution in [0.3, 0.4) is 0 Å². The fourth-order valence-corrected chi connectivity index (χ4v) is 1.56. The van der Waals surface area contributed by atoms with Gasteiger partial charge in [0.25, 0.3) is 0 Å². The molecule has 2 N–H and O–H groups in total. The zero-order chi connectivity index (χ0) is 8.55. The Balaban J connectivity index is 2.25. The molecule has 1 fully saturated rings. The van der Waals surface area contributed by atoms with E-state index in [2.05, 4.69) is 11.1 Å². The SMILES string of the molecule is Cc1ncccc1[C@@H](N)C1CC1. The molecule has 1 saturated carbocycles. The van der Waals surface area contributed by atoms with Gasteiger partial charge < -0.3 is 5.73 Å². The predicted molar refractivity (Wildman–Crippen MR) is 48.6 cm³/mol. The van der Waals surface area contributed by atoms with E-state index in [0.29, 0.717) is 5.92 Å². The Morgan fingerprint density at radius 1 is 1.58 bits per heavy atom. The minimum absolute atomic E-state index is 0.221. The second-order valence-electron chi connectivity index (χ2n) is 3.54. The van der Waals surface area contributed by atoms with Gasteiger partial charge in [-0.3, -0.25) is 4.98 Å². The molecule has 12 heavy (non-hydrogen) atoms. The van der Waals surface area contributed by atoms with Crippen molar-refractivity contribution in [1.82, 2.24) is 4.98 Å². The van der Waals surface area contributed by atoms with E-state index in [1.165, 1.54) is 18.4 Å². The summed E-state index contributed by atoms with van der Waals surface area (Å²) in [6.07, 6.45) is 4.39. The van der Waals surface area contributed by atoms with Crippen molar-refractivity contribution in [2.24, 2.45) is 11.7 Å². The number of pyridine rings is 1. The van der Waals surface area contributed by atoms with Gasteiger partial charge in [-0.05, 0) is 37.3 Å².